The highest BCUT2D eigenvalue weighted by molar-refractivity contribution is 5.89. The molecule has 0 saturated carbocycles. The number of phenolic OH excluding ortho intramolecular Hbond substituents is 1. The molecular weight excluding hydrogens is 248 g/mol. The summed E-state index contributed by atoms with van der Waals surface area (Å²) in [4.78, 5) is 6.95. The summed E-state index contributed by atoms with van der Waals surface area (Å²) in [6, 6.07) is 8.29. The van der Waals surface area contributed by atoms with Crippen molar-refractivity contribution in [3.63, 3.8) is 0 Å². The first-order valence-electron chi connectivity index (χ1n) is 7.41. The van der Waals surface area contributed by atoms with E-state index in [0.717, 1.165) is 29.4 Å². The largest absolute Gasteiger partial charge is 0.507 e. The van der Waals surface area contributed by atoms with Crippen molar-refractivity contribution >= 4 is 10.8 Å². The second-order valence-corrected chi connectivity index (χ2v) is 6.06. The third-order valence-corrected chi connectivity index (χ3v) is 4.65. The van der Waals surface area contributed by atoms with Crippen molar-refractivity contribution < 1.29 is 5.11 Å². The molecule has 1 aliphatic rings. The lowest BCUT2D eigenvalue weighted by Gasteiger charge is -2.35. The summed E-state index contributed by atoms with van der Waals surface area (Å²) in [7, 11) is 2.20. The molecule has 1 saturated heterocycles. The van der Waals surface area contributed by atoms with Gasteiger partial charge in [0.25, 0.3) is 0 Å². The molecule has 2 heterocycles. The molecule has 106 valence electrons. The van der Waals surface area contributed by atoms with E-state index in [9.17, 15) is 5.11 Å². The number of aromatic hydroxyl groups is 1. The predicted octanol–water partition coefficient (Wildman–Crippen LogP) is 3.21. The van der Waals surface area contributed by atoms with E-state index in [1.54, 1.807) is 6.07 Å². The van der Waals surface area contributed by atoms with Crippen molar-refractivity contribution in [2.75, 3.05) is 13.6 Å². The molecule has 1 aromatic carbocycles. The van der Waals surface area contributed by atoms with Crippen molar-refractivity contribution in [1.82, 2.24) is 9.88 Å². The highest BCUT2D eigenvalue weighted by Crippen LogP contribution is 2.31. The Morgan fingerprint density at radius 1 is 1.35 bits per heavy atom. The van der Waals surface area contributed by atoms with Gasteiger partial charge in [0.15, 0.2) is 0 Å². The van der Waals surface area contributed by atoms with Gasteiger partial charge in [-0.25, -0.2) is 0 Å². The van der Waals surface area contributed by atoms with Gasteiger partial charge in [-0.05, 0) is 63.2 Å². The zero-order valence-electron chi connectivity index (χ0n) is 12.2. The zero-order valence-corrected chi connectivity index (χ0v) is 12.2. The maximum Gasteiger partial charge on any atom is 0.125 e. The van der Waals surface area contributed by atoms with Gasteiger partial charge in [-0.2, -0.15) is 0 Å². The van der Waals surface area contributed by atoms with E-state index in [-0.39, 0.29) is 0 Å². The Balaban J connectivity index is 1.88. The first-order chi connectivity index (χ1) is 9.65. The Hall–Kier alpha value is -1.61. The summed E-state index contributed by atoms with van der Waals surface area (Å²) in [5.74, 6) is 1.02. The lowest BCUT2D eigenvalue weighted by atomic mass is 9.87. The topological polar surface area (TPSA) is 36.4 Å². The van der Waals surface area contributed by atoms with Crippen LogP contribution in [-0.4, -0.2) is 34.6 Å². The van der Waals surface area contributed by atoms with Gasteiger partial charge in [0.2, 0.25) is 0 Å². The number of benzene rings is 1. The third-order valence-electron chi connectivity index (χ3n) is 4.65. The van der Waals surface area contributed by atoms with Crippen molar-refractivity contribution in [3.05, 3.63) is 36.2 Å². The minimum atomic E-state index is 0.353. The van der Waals surface area contributed by atoms with Crippen LogP contribution in [0.3, 0.4) is 0 Å². The van der Waals surface area contributed by atoms with Crippen LogP contribution in [0.4, 0.5) is 0 Å². The molecule has 1 aromatic heterocycles. The highest BCUT2D eigenvalue weighted by atomic mass is 16.3. The number of pyridine rings is 1. The summed E-state index contributed by atoms with van der Waals surface area (Å²) >= 11 is 0. The molecule has 3 heteroatoms. The number of hydrogen-bond donors (Lipinski definition) is 1. The van der Waals surface area contributed by atoms with Crippen LogP contribution in [-0.2, 0) is 6.42 Å². The molecular formula is C17H22N2O. The van der Waals surface area contributed by atoms with Gasteiger partial charge in [-0.1, -0.05) is 12.1 Å². The van der Waals surface area contributed by atoms with E-state index in [1.807, 2.05) is 24.4 Å². The molecule has 2 aromatic rings. The number of piperidine rings is 1. The number of hydrogen-bond acceptors (Lipinski definition) is 3. The van der Waals surface area contributed by atoms with Gasteiger partial charge < -0.3 is 10.0 Å². The summed E-state index contributed by atoms with van der Waals surface area (Å²) in [5.41, 5.74) is 1.04. The molecule has 0 amide bonds. The smallest absolute Gasteiger partial charge is 0.125 e. The Labute approximate surface area is 120 Å². The second kappa shape index (κ2) is 5.41. The quantitative estimate of drug-likeness (QED) is 0.910. The van der Waals surface area contributed by atoms with Gasteiger partial charge in [-0.15, -0.1) is 0 Å². The van der Waals surface area contributed by atoms with Crippen LogP contribution in [0.2, 0.25) is 0 Å². The Morgan fingerprint density at radius 2 is 2.20 bits per heavy atom. The molecule has 2 atom stereocenters. The van der Waals surface area contributed by atoms with Crippen LogP contribution < -0.4 is 0 Å². The van der Waals surface area contributed by atoms with E-state index in [2.05, 4.69) is 23.9 Å². The average molecular weight is 270 g/mol. The van der Waals surface area contributed by atoms with Crippen LogP contribution >= 0.6 is 0 Å². The monoisotopic (exact) mass is 270 g/mol. The SMILES string of the molecule is C[C@@H]1C[C@H](Cc2nccc3cccc(O)c23)CCN1C. The van der Waals surface area contributed by atoms with Gasteiger partial charge in [0.05, 0.1) is 5.69 Å². The second-order valence-electron chi connectivity index (χ2n) is 6.06. The van der Waals surface area contributed by atoms with Gasteiger partial charge in [0, 0.05) is 17.6 Å². The summed E-state index contributed by atoms with van der Waals surface area (Å²) in [5, 5.41) is 12.1. The summed E-state index contributed by atoms with van der Waals surface area (Å²) < 4.78 is 0. The molecule has 0 radical (unpaired) electrons. The number of rotatable bonds is 2. The number of aromatic nitrogens is 1. The standard InChI is InChI=1S/C17H22N2O/c1-12-10-13(7-9-19(12)2)11-15-17-14(6-8-18-15)4-3-5-16(17)20/h3-6,8,12-13,20H,7,9-11H2,1-2H3/t12-,13-/m1/s1. The minimum Gasteiger partial charge on any atom is -0.507 e. The Bertz CT molecular complexity index is 606. The Morgan fingerprint density at radius 3 is 3.00 bits per heavy atom. The minimum absolute atomic E-state index is 0.353. The van der Waals surface area contributed by atoms with E-state index in [0.29, 0.717) is 17.7 Å². The molecule has 0 bridgehead atoms. The molecule has 0 aliphatic carbocycles. The molecule has 3 nitrogen and oxygen atoms in total. The molecule has 1 N–H and O–H groups in total. The van der Waals surface area contributed by atoms with Crippen molar-refractivity contribution in [3.8, 4) is 5.75 Å². The molecule has 20 heavy (non-hydrogen) atoms. The van der Waals surface area contributed by atoms with Gasteiger partial charge in [-0.3, -0.25) is 4.98 Å². The Kier molecular flexibility index (Phi) is 3.62. The molecule has 1 fully saturated rings. The number of likely N-dealkylation sites (tertiary alicyclic amines) is 1. The molecule has 1 aliphatic heterocycles. The van der Waals surface area contributed by atoms with Crippen LogP contribution in [0.15, 0.2) is 30.5 Å². The molecule has 0 spiro atoms. The molecule has 3 rings (SSSR count). The van der Waals surface area contributed by atoms with Gasteiger partial charge >= 0.3 is 0 Å². The lowest BCUT2D eigenvalue weighted by molar-refractivity contribution is 0.153. The maximum atomic E-state index is 10.1. The maximum absolute atomic E-state index is 10.1. The fourth-order valence-electron chi connectivity index (χ4n) is 3.28. The molecule has 0 unspecified atom stereocenters. The number of fused-ring (bicyclic) bond motifs is 1. The van der Waals surface area contributed by atoms with E-state index < -0.39 is 0 Å². The average Bonchev–Trinajstić information content (AvgIpc) is 2.43. The fourth-order valence-corrected chi connectivity index (χ4v) is 3.28. The fraction of sp³-hybridized carbons (Fsp3) is 0.471. The van der Waals surface area contributed by atoms with Crippen LogP contribution in [0.25, 0.3) is 10.8 Å². The van der Waals surface area contributed by atoms with E-state index >= 15 is 0 Å². The first-order valence-corrected chi connectivity index (χ1v) is 7.41. The zero-order chi connectivity index (χ0) is 14.1. The summed E-state index contributed by atoms with van der Waals surface area (Å²) in [6.45, 7) is 3.45. The lowest BCUT2D eigenvalue weighted by Crippen LogP contribution is -2.38. The van der Waals surface area contributed by atoms with E-state index in [1.165, 1.54) is 12.8 Å². The summed E-state index contributed by atoms with van der Waals surface area (Å²) in [6.07, 6.45) is 5.25. The normalized spacial score (nSPS) is 24.1. The van der Waals surface area contributed by atoms with Gasteiger partial charge in [0.1, 0.15) is 5.75 Å². The predicted molar refractivity (Wildman–Crippen MR) is 81.9 cm³/mol. The van der Waals surface area contributed by atoms with E-state index in [4.69, 9.17) is 0 Å². The number of nitrogens with zero attached hydrogens (tertiary/aromatic N) is 2. The van der Waals surface area contributed by atoms with Crippen molar-refractivity contribution in [2.45, 2.75) is 32.2 Å². The third kappa shape index (κ3) is 2.50. The number of phenols is 1. The van der Waals surface area contributed by atoms with Crippen molar-refractivity contribution in [1.29, 1.82) is 0 Å². The van der Waals surface area contributed by atoms with Crippen molar-refractivity contribution in [2.24, 2.45) is 5.92 Å². The van der Waals surface area contributed by atoms with Crippen LogP contribution in [0.5, 0.6) is 5.75 Å². The van der Waals surface area contributed by atoms with Crippen LogP contribution in [0.1, 0.15) is 25.5 Å². The van der Waals surface area contributed by atoms with Crippen LogP contribution in [0, 0.1) is 5.92 Å². The first kappa shape index (κ1) is 13.4. The highest BCUT2D eigenvalue weighted by Gasteiger charge is 2.24.